The second-order valence-electron chi connectivity index (χ2n) is 5.53. The fourth-order valence-corrected chi connectivity index (χ4v) is 3.36. The van der Waals surface area contributed by atoms with Gasteiger partial charge in [-0.15, -0.1) is 0 Å². The maximum absolute atomic E-state index is 11.8. The highest BCUT2D eigenvalue weighted by molar-refractivity contribution is 6.12. The van der Waals surface area contributed by atoms with Gasteiger partial charge < -0.3 is 5.32 Å². The first-order valence-corrected chi connectivity index (χ1v) is 7.00. The second kappa shape index (κ2) is 3.61. The van der Waals surface area contributed by atoms with Crippen LogP contribution in [-0.4, -0.2) is 5.91 Å². The third-order valence-corrected chi connectivity index (χ3v) is 4.41. The zero-order valence-corrected chi connectivity index (χ0v) is 11.2. The van der Waals surface area contributed by atoms with Gasteiger partial charge in [-0.2, -0.15) is 0 Å². The Morgan fingerprint density at radius 1 is 0.905 bits per heavy atom. The lowest BCUT2D eigenvalue weighted by Crippen LogP contribution is -2.12. The van der Waals surface area contributed by atoms with Gasteiger partial charge in [0.25, 0.3) is 5.91 Å². The summed E-state index contributed by atoms with van der Waals surface area (Å²) in [5.41, 5.74) is 2.03. The summed E-state index contributed by atoms with van der Waals surface area (Å²) in [6.45, 7) is 0. The van der Waals surface area contributed by atoms with Crippen molar-refractivity contribution in [1.82, 2.24) is 5.32 Å². The van der Waals surface area contributed by atoms with Gasteiger partial charge in [0.2, 0.25) is 0 Å². The van der Waals surface area contributed by atoms with E-state index in [0.717, 1.165) is 16.2 Å². The van der Waals surface area contributed by atoms with Gasteiger partial charge in [0.1, 0.15) is 0 Å². The molecule has 1 N–H and O–H groups in total. The van der Waals surface area contributed by atoms with E-state index in [-0.39, 0.29) is 5.91 Å². The van der Waals surface area contributed by atoms with Gasteiger partial charge in [0, 0.05) is 17.0 Å². The van der Waals surface area contributed by atoms with Crippen LogP contribution < -0.4 is 15.8 Å². The number of carbonyl (C=O) groups is 1. The Balaban J connectivity index is 2.01. The Kier molecular flexibility index (Phi) is 1.87. The van der Waals surface area contributed by atoms with Crippen LogP contribution >= 0.6 is 0 Å². The first-order chi connectivity index (χ1) is 10.3. The van der Waals surface area contributed by atoms with E-state index < -0.39 is 0 Å². The summed E-state index contributed by atoms with van der Waals surface area (Å²) in [6, 6.07) is 12.7. The number of hydrogen-bond donors (Lipinski definition) is 1. The molecule has 1 aliphatic heterocycles. The average Bonchev–Trinajstić information content (AvgIpc) is 3.11. The van der Waals surface area contributed by atoms with Crippen LogP contribution in [0.1, 0.15) is 15.9 Å². The van der Waals surface area contributed by atoms with Gasteiger partial charge >= 0.3 is 0 Å². The molecule has 2 aliphatic rings. The molecule has 0 saturated carbocycles. The third kappa shape index (κ3) is 1.34. The minimum Gasteiger partial charge on any atom is -0.328 e. The maximum atomic E-state index is 11.8. The molecule has 1 aliphatic carbocycles. The molecule has 0 bridgehead atoms. The fraction of sp³-hybridized carbons (Fsp3) is 0. The minimum atomic E-state index is -0.0153. The fourth-order valence-electron chi connectivity index (χ4n) is 3.36. The molecule has 5 rings (SSSR count). The molecule has 0 unspecified atom stereocenters. The summed E-state index contributed by atoms with van der Waals surface area (Å²) in [7, 11) is 0. The first-order valence-electron chi connectivity index (χ1n) is 7.00. The maximum Gasteiger partial charge on any atom is 0.255 e. The van der Waals surface area contributed by atoms with Crippen molar-refractivity contribution in [2.24, 2.45) is 0 Å². The highest BCUT2D eigenvalue weighted by Crippen LogP contribution is 2.25. The van der Waals surface area contributed by atoms with Crippen LogP contribution in [0.25, 0.3) is 39.9 Å². The number of nitrogens with one attached hydrogen (secondary N) is 1. The Hall–Kier alpha value is -2.87. The van der Waals surface area contributed by atoms with Crippen LogP contribution in [0.3, 0.4) is 0 Å². The first kappa shape index (κ1) is 10.9. The van der Waals surface area contributed by atoms with Crippen LogP contribution in [0, 0.1) is 0 Å². The van der Waals surface area contributed by atoms with Gasteiger partial charge in [0.05, 0.1) is 0 Å². The molecule has 3 aromatic carbocycles. The summed E-state index contributed by atoms with van der Waals surface area (Å²) in [5.74, 6) is -0.0153. The molecule has 0 atom stereocenters. The number of rotatable bonds is 0. The molecule has 2 heteroatoms. The lowest BCUT2D eigenvalue weighted by molar-refractivity contribution is 0.0980. The number of carbonyl (C=O) groups excluding carboxylic acids is 1. The van der Waals surface area contributed by atoms with Gasteiger partial charge in [-0.25, -0.2) is 0 Å². The van der Waals surface area contributed by atoms with E-state index >= 15 is 0 Å². The average molecular weight is 269 g/mol. The topological polar surface area (TPSA) is 29.1 Å². The van der Waals surface area contributed by atoms with E-state index in [2.05, 4.69) is 53.9 Å². The molecular formula is C19H11NO. The molecule has 0 radical (unpaired) electrons. The van der Waals surface area contributed by atoms with Crippen LogP contribution in [0.15, 0.2) is 42.5 Å². The van der Waals surface area contributed by atoms with Crippen LogP contribution in [0.4, 0.5) is 0 Å². The normalized spacial score (nSPS) is 14.8. The van der Waals surface area contributed by atoms with Gasteiger partial charge in [-0.3, -0.25) is 4.79 Å². The quantitative estimate of drug-likeness (QED) is 0.623. The van der Waals surface area contributed by atoms with Gasteiger partial charge in [-0.05, 0) is 50.5 Å². The Labute approximate surface area is 120 Å². The highest BCUT2D eigenvalue weighted by atomic mass is 16.1. The van der Waals surface area contributed by atoms with Gasteiger partial charge in [-0.1, -0.05) is 36.4 Å². The standard InChI is InChI=1S/C19H11NO/c21-19-16-7-6-14-15(18(16)10-20-19)5-4-13-8-11-2-1-3-12(11)9-17(13)14/h1-10H,(H,20,21). The number of fused-ring (bicyclic) bond motifs is 6. The van der Waals surface area contributed by atoms with Crippen LogP contribution in [-0.2, 0) is 0 Å². The van der Waals surface area contributed by atoms with E-state index in [1.807, 2.05) is 12.3 Å². The molecule has 98 valence electrons. The van der Waals surface area contributed by atoms with Crippen molar-refractivity contribution in [2.45, 2.75) is 0 Å². The zero-order chi connectivity index (χ0) is 14.0. The number of benzene rings is 3. The minimum absolute atomic E-state index is 0.0153. The van der Waals surface area contributed by atoms with Crippen molar-refractivity contribution < 1.29 is 4.79 Å². The predicted octanol–water partition coefficient (Wildman–Crippen LogP) is 2.28. The Bertz CT molecular complexity index is 1120. The molecule has 3 aromatic rings. The second-order valence-corrected chi connectivity index (χ2v) is 5.53. The number of amides is 1. The molecule has 0 saturated heterocycles. The summed E-state index contributed by atoms with van der Waals surface area (Å²) < 4.78 is 0. The van der Waals surface area contributed by atoms with E-state index in [1.165, 1.54) is 26.9 Å². The lowest BCUT2D eigenvalue weighted by atomic mass is 9.97. The van der Waals surface area contributed by atoms with Crippen molar-refractivity contribution >= 4 is 45.8 Å². The lowest BCUT2D eigenvalue weighted by Gasteiger charge is -2.06. The third-order valence-electron chi connectivity index (χ3n) is 4.41. The van der Waals surface area contributed by atoms with E-state index in [9.17, 15) is 4.79 Å². The van der Waals surface area contributed by atoms with Crippen molar-refractivity contribution in [3.05, 3.63) is 64.0 Å². The monoisotopic (exact) mass is 269 g/mol. The molecule has 0 aromatic heterocycles. The molecule has 1 amide bonds. The Morgan fingerprint density at radius 3 is 2.76 bits per heavy atom. The molecule has 21 heavy (non-hydrogen) atoms. The van der Waals surface area contributed by atoms with Crippen LogP contribution in [0.5, 0.6) is 0 Å². The van der Waals surface area contributed by atoms with E-state index in [0.29, 0.717) is 0 Å². The SMILES string of the molecule is O=C1NC=c2c1ccc1c2ccc2cc3c(cc21)=CC=C3. The molecule has 2 nitrogen and oxygen atoms in total. The smallest absolute Gasteiger partial charge is 0.255 e. The predicted molar refractivity (Wildman–Crippen MR) is 86.1 cm³/mol. The summed E-state index contributed by atoms with van der Waals surface area (Å²) in [4.78, 5) is 11.8. The molecular weight excluding hydrogens is 258 g/mol. The molecule has 0 spiro atoms. The van der Waals surface area contributed by atoms with Crippen molar-refractivity contribution in [1.29, 1.82) is 0 Å². The van der Waals surface area contributed by atoms with Crippen molar-refractivity contribution in [3.8, 4) is 0 Å². The summed E-state index contributed by atoms with van der Waals surface area (Å²) >= 11 is 0. The largest absolute Gasteiger partial charge is 0.328 e. The van der Waals surface area contributed by atoms with Crippen molar-refractivity contribution in [2.75, 3.05) is 0 Å². The Morgan fingerprint density at radius 2 is 1.81 bits per heavy atom. The molecule has 0 fully saturated rings. The number of allylic oxidation sites excluding steroid dienone is 1. The summed E-state index contributed by atoms with van der Waals surface area (Å²) in [6.07, 6.45) is 8.17. The van der Waals surface area contributed by atoms with Crippen molar-refractivity contribution in [3.63, 3.8) is 0 Å². The van der Waals surface area contributed by atoms with Gasteiger partial charge in [0.15, 0.2) is 0 Å². The molecule has 1 heterocycles. The highest BCUT2D eigenvalue weighted by Gasteiger charge is 2.15. The number of hydrogen-bond acceptors (Lipinski definition) is 1. The summed E-state index contributed by atoms with van der Waals surface area (Å²) in [5, 5.41) is 9.84. The van der Waals surface area contributed by atoms with E-state index in [4.69, 9.17) is 0 Å². The zero-order valence-electron chi connectivity index (χ0n) is 11.2. The van der Waals surface area contributed by atoms with E-state index in [1.54, 1.807) is 0 Å². The van der Waals surface area contributed by atoms with Crippen LogP contribution in [0.2, 0.25) is 0 Å².